The van der Waals surface area contributed by atoms with Crippen LogP contribution in [0.5, 0.6) is 0 Å². The Hall–Kier alpha value is -2.08. The number of rotatable bonds is 5. The highest BCUT2D eigenvalue weighted by Gasteiger charge is 2.32. The number of hydrogen-bond donors (Lipinski definition) is 2. The van der Waals surface area contributed by atoms with Crippen molar-refractivity contribution in [2.24, 2.45) is 0 Å². The second kappa shape index (κ2) is 7.66. The topological polar surface area (TPSA) is 72.9 Å². The largest absolute Gasteiger partial charge is 0.395 e. The van der Waals surface area contributed by atoms with E-state index in [9.17, 15) is 9.59 Å². The number of aliphatic hydroxyl groups excluding tert-OH is 1. The van der Waals surface area contributed by atoms with Crippen molar-refractivity contribution < 1.29 is 14.7 Å². The number of amides is 3. The molecule has 1 saturated heterocycles. The molecule has 0 spiro atoms. The lowest BCUT2D eigenvalue weighted by Crippen LogP contribution is -2.49. The first-order chi connectivity index (χ1) is 11.3. The van der Waals surface area contributed by atoms with Gasteiger partial charge >= 0.3 is 6.03 Å². The minimum Gasteiger partial charge on any atom is -0.395 e. The van der Waals surface area contributed by atoms with Gasteiger partial charge in [0, 0.05) is 31.2 Å². The van der Waals surface area contributed by atoms with Crippen molar-refractivity contribution in [3.05, 3.63) is 29.3 Å². The van der Waals surface area contributed by atoms with Crippen LogP contribution in [0.3, 0.4) is 0 Å². The van der Waals surface area contributed by atoms with Gasteiger partial charge in [-0.15, -0.1) is 0 Å². The van der Waals surface area contributed by atoms with Gasteiger partial charge in [0.25, 0.3) is 0 Å². The predicted octanol–water partition coefficient (Wildman–Crippen LogP) is 1.82. The molecule has 1 aliphatic heterocycles. The third-order valence-corrected chi connectivity index (χ3v) is 4.48. The van der Waals surface area contributed by atoms with E-state index in [4.69, 9.17) is 5.11 Å². The number of aliphatic hydroxyl groups is 1. The summed E-state index contributed by atoms with van der Waals surface area (Å²) >= 11 is 0. The molecular weight excluding hydrogens is 306 g/mol. The van der Waals surface area contributed by atoms with E-state index in [0.717, 1.165) is 11.3 Å². The second-order valence-corrected chi connectivity index (χ2v) is 6.63. The molecule has 1 aliphatic rings. The summed E-state index contributed by atoms with van der Waals surface area (Å²) < 4.78 is 0. The summed E-state index contributed by atoms with van der Waals surface area (Å²) in [4.78, 5) is 28.0. The Morgan fingerprint density at radius 2 is 2.08 bits per heavy atom. The maximum atomic E-state index is 12.4. The Balaban J connectivity index is 2.03. The van der Waals surface area contributed by atoms with Crippen molar-refractivity contribution in [1.29, 1.82) is 0 Å². The SMILES string of the molecule is Cc1ccc(N2C[C@@H](NC(=O)N(CCO)C(C)C)CC2=O)cc1C. The quantitative estimate of drug-likeness (QED) is 0.863. The Morgan fingerprint density at radius 3 is 2.67 bits per heavy atom. The van der Waals surface area contributed by atoms with Gasteiger partial charge in [-0.1, -0.05) is 6.07 Å². The first-order valence-electron chi connectivity index (χ1n) is 8.39. The summed E-state index contributed by atoms with van der Waals surface area (Å²) in [5, 5.41) is 12.0. The summed E-state index contributed by atoms with van der Waals surface area (Å²) in [6.45, 7) is 8.53. The van der Waals surface area contributed by atoms with E-state index in [-0.39, 0.29) is 37.2 Å². The molecule has 3 amide bonds. The van der Waals surface area contributed by atoms with Gasteiger partial charge < -0.3 is 20.2 Å². The van der Waals surface area contributed by atoms with Crippen molar-refractivity contribution >= 4 is 17.6 Å². The number of benzene rings is 1. The third-order valence-electron chi connectivity index (χ3n) is 4.48. The van der Waals surface area contributed by atoms with Crippen LogP contribution in [0, 0.1) is 13.8 Å². The minimum atomic E-state index is -0.237. The zero-order chi connectivity index (χ0) is 17.9. The van der Waals surface area contributed by atoms with E-state index in [2.05, 4.69) is 5.32 Å². The molecule has 0 saturated carbocycles. The number of carbonyl (C=O) groups is 2. The maximum Gasteiger partial charge on any atom is 0.318 e. The van der Waals surface area contributed by atoms with Crippen LogP contribution >= 0.6 is 0 Å². The third kappa shape index (κ3) is 4.06. The molecule has 0 bridgehead atoms. The minimum absolute atomic E-state index is 0.00916. The molecule has 2 rings (SSSR count). The molecule has 132 valence electrons. The zero-order valence-electron chi connectivity index (χ0n) is 14.9. The van der Waals surface area contributed by atoms with Crippen LogP contribution in [0.25, 0.3) is 0 Å². The first-order valence-corrected chi connectivity index (χ1v) is 8.39. The van der Waals surface area contributed by atoms with Gasteiger partial charge in [0.05, 0.1) is 12.6 Å². The average Bonchev–Trinajstić information content (AvgIpc) is 2.87. The highest BCUT2D eigenvalue weighted by molar-refractivity contribution is 5.97. The second-order valence-electron chi connectivity index (χ2n) is 6.63. The molecule has 1 aromatic rings. The van der Waals surface area contributed by atoms with Gasteiger partial charge in [-0.2, -0.15) is 0 Å². The molecule has 0 radical (unpaired) electrons. The molecule has 24 heavy (non-hydrogen) atoms. The molecule has 1 fully saturated rings. The van der Waals surface area contributed by atoms with Crippen LogP contribution in [0.1, 0.15) is 31.4 Å². The number of nitrogens with one attached hydrogen (secondary N) is 1. The lowest BCUT2D eigenvalue weighted by molar-refractivity contribution is -0.117. The van der Waals surface area contributed by atoms with Crippen LogP contribution in [0.15, 0.2) is 18.2 Å². The normalized spacial score (nSPS) is 17.5. The summed E-state index contributed by atoms with van der Waals surface area (Å²) in [6.07, 6.45) is 0.295. The first kappa shape index (κ1) is 18.3. The van der Waals surface area contributed by atoms with Crippen molar-refractivity contribution in [3.63, 3.8) is 0 Å². The molecule has 1 aromatic carbocycles. The molecule has 0 aliphatic carbocycles. The van der Waals surface area contributed by atoms with Gasteiger partial charge in [-0.05, 0) is 51.0 Å². The molecule has 1 atom stereocenters. The fraction of sp³-hybridized carbons (Fsp3) is 0.556. The van der Waals surface area contributed by atoms with Crippen LogP contribution in [0.2, 0.25) is 0 Å². The van der Waals surface area contributed by atoms with E-state index in [1.54, 1.807) is 9.80 Å². The number of nitrogens with zero attached hydrogens (tertiary/aromatic N) is 2. The lowest BCUT2D eigenvalue weighted by Gasteiger charge is -2.27. The summed E-state index contributed by atoms with van der Waals surface area (Å²) in [7, 11) is 0. The van der Waals surface area contributed by atoms with Gasteiger partial charge in [0.1, 0.15) is 0 Å². The summed E-state index contributed by atoms with van der Waals surface area (Å²) in [5.74, 6) is 0.0156. The van der Waals surface area contributed by atoms with Crippen molar-refractivity contribution in [2.45, 2.75) is 46.2 Å². The zero-order valence-corrected chi connectivity index (χ0v) is 14.9. The van der Waals surface area contributed by atoms with E-state index in [1.165, 1.54) is 5.56 Å². The molecule has 1 heterocycles. The summed E-state index contributed by atoms with van der Waals surface area (Å²) in [5.41, 5.74) is 3.20. The number of aryl methyl sites for hydroxylation is 2. The number of anilines is 1. The Morgan fingerprint density at radius 1 is 1.38 bits per heavy atom. The number of carbonyl (C=O) groups excluding carboxylic acids is 2. The average molecular weight is 333 g/mol. The van der Waals surface area contributed by atoms with Crippen molar-refractivity contribution in [3.8, 4) is 0 Å². The lowest BCUT2D eigenvalue weighted by atomic mass is 10.1. The standard InChI is InChI=1S/C18H27N3O3/c1-12(2)20(7-8-22)18(24)19-15-10-17(23)21(11-15)16-6-5-13(3)14(4)9-16/h5-6,9,12,15,22H,7-8,10-11H2,1-4H3,(H,19,24)/t15-/m0/s1. The van der Waals surface area contributed by atoms with Crippen LogP contribution in [0.4, 0.5) is 10.5 Å². The smallest absolute Gasteiger partial charge is 0.318 e. The van der Waals surface area contributed by atoms with Crippen molar-refractivity contribution in [1.82, 2.24) is 10.2 Å². The van der Waals surface area contributed by atoms with Crippen molar-refractivity contribution in [2.75, 3.05) is 24.6 Å². The molecular formula is C18H27N3O3. The molecule has 6 nitrogen and oxygen atoms in total. The van der Waals surface area contributed by atoms with E-state index in [0.29, 0.717) is 13.0 Å². The van der Waals surface area contributed by atoms with E-state index >= 15 is 0 Å². The van der Waals surface area contributed by atoms with Crippen LogP contribution in [-0.4, -0.2) is 53.7 Å². The Kier molecular flexibility index (Phi) is 5.83. The van der Waals surface area contributed by atoms with E-state index in [1.807, 2.05) is 45.9 Å². The maximum absolute atomic E-state index is 12.4. The fourth-order valence-electron chi connectivity index (χ4n) is 2.91. The van der Waals surface area contributed by atoms with Crippen LogP contribution < -0.4 is 10.2 Å². The van der Waals surface area contributed by atoms with Gasteiger partial charge in [0.15, 0.2) is 0 Å². The summed E-state index contributed by atoms with van der Waals surface area (Å²) in [6, 6.07) is 5.49. The molecule has 6 heteroatoms. The predicted molar refractivity (Wildman–Crippen MR) is 94.1 cm³/mol. The highest BCUT2D eigenvalue weighted by atomic mass is 16.3. The number of urea groups is 1. The molecule has 0 aromatic heterocycles. The number of hydrogen-bond acceptors (Lipinski definition) is 3. The highest BCUT2D eigenvalue weighted by Crippen LogP contribution is 2.24. The fourth-order valence-corrected chi connectivity index (χ4v) is 2.91. The molecule has 2 N–H and O–H groups in total. The van der Waals surface area contributed by atoms with Gasteiger partial charge in [-0.25, -0.2) is 4.79 Å². The Bertz CT molecular complexity index is 616. The van der Waals surface area contributed by atoms with Gasteiger partial charge in [0.2, 0.25) is 5.91 Å². The molecule has 0 unspecified atom stereocenters. The van der Waals surface area contributed by atoms with E-state index < -0.39 is 0 Å². The Labute approximate surface area is 143 Å². The van der Waals surface area contributed by atoms with Crippen LogP contribution in [-0.2, 0) is 4.79 Å². The van der Waals surface area contributed by atoms with Gasteiger partial charge in [-0.3, -0.25) is 4.79 Å². The monoisotopic (exact) mass is 333 g/mol.